The van der Waals surface area contributed by atoms with Crippen LogP contribution in [0.25, 0.3) is 5.57 Å². The third kappa shape index (κ3) is 5.27. The first-order chi connectivity index (χ1) is 17.6. The van der Waals surface area contributed by atoms with Gasteiger partial charge in [-0.1, -0.05) is 19.4 Å². The van der Waals surface area contributed by atoms with Gasteiger partial charge in [0.2, 0.25) is 10.0 Å². The number of nitrogens with one attached hydrogen (secondary N) is 2. The summed E-state index contributed by atoms with van der Waals surface area (Å²) in [5.41, 5.74) is -0.629. The van der Waals surface area contributed by atoms with E-state index in [-0.39, 0.29) is 29.2 Å². The zero-order valence-electron chi connectivity index (χ0n) is 20.9. The number of rotatable bonds is 10. The molecule has 0 bridgehead atoms. The Morgan fingerprint density at radius 3 is 2.68 bits per heavy atom. The normalized spacial score (nSPS) is 22.1. The van der Waals surface area contributed by atoms with Crippen LogP contribution in [0.1, 0.15) is 76.1 Å². The van der Waals surface area contributed by atoms with Crippen LogP contribution in [0.4, 0.5) is 4.39 Å². The van der Waals surface area contributed by atoms with E-state index in [0.29, 0.717) is 30.9 Å². The standard InChI is InChI=1S/C26H31FN4O5S/c1-3-4-13-36-17-7-10-20(21(27)14-17)26(2)15-19(22-11-12-31(29-22)16-5-6-16)23(24(32)28-26)25(33)30-37(34,35)18-8-9-18/h7,10-12,14,16,18H,3-6,8-9,13,15H2,1-2H3,(H,28,32)(H,30,33)/t26-/m0/s1. The number of hydrogen-bond donors (Lipinski definition) is 2. The highest BCUT2D eigenvalue weighted by Crippen LogP contribution is 2.41. The molecule has 198 valence electrons. The van der Waals surface area contributed by atoms with Crippen molar-refractivity contribution in [2.24, 2.45) is 0 Å². The highest BCUT2D eigenvalue weighted by atomic mass is 32.2. The Balaban J connectivity index is 1.50. The molecule has 1 atom stereocenters. The minimum absolute atomic E-state index is 0.0413. The quantitative estimate of drug-likeness (QED) is 0.359. The van der Waals surface area contributed by atoms with Crippen molar-refractivity contribution in [3.63, 3.8) is 0 Å². The van der Waals surface area contributed by atoms with E-state index in [1.807, 2.05) is 6.92 Å². The summed E-state index contributed by atoms with van der Waals surface area (Å²) in [4.78, 5) is 26.5. The Morgan fingerprint density at radius 2 is 2.03 bits per heavy atom. The maximum Gasteiger partial charge on any atom is 0.270 e. The molecule has 2 amide bonds. The van der Waals surface area contributed by atoms with Crippen LogP contribution in [0.15, 0.2) is 36.0 Å². The van der Waals surface area contributed by atoms with E-state index in [1.165, 1.54) is 6.07 Å². The maximum atomic E-state index is 15.3. The molecule has 2 saturated carbocycles. The second-order valence-corrected chi connectivity index (χ2v) is 12.2. The Kier molecular flexibility index (Phi) is 6.59. The summed E-state index contributed by atoms with van der Waals surface area (Å²) in [6.45, 7) is 4.19. The van der Waals surface area contributed by atoms with Crippen molar-refractivity contribution in [2.75, 3.05) is 6.61 Å². The molecule has 37 heavy (non-hydrogen) atoms. The van der Waals surface area contributed by atoms with Gasteiger partial charge in [0.15, 0.2) is 0 Å². The van der Waals surface area contributed by atoms with Crippen molar-refractivity contribution in [3.05, 3.63) is 53.1 Å². The highest BCUT2D eigenvalue weighted by Gasteiger charge is 2.44. The smallest absolute Gasteiger partial charge is 0.270 e. The molecular formula is C26H31FN4O5S. The number of hydrogen-bond acceptors (Lipinski definition) is 6. The topological polar surface area (TPSA) is 119 Å². The molecule has 0 unspecified atom stereocenters. The summed E-state index contributed by atoms with van der Waals surface area (Å²) >= 11 is 0. The van der Waals surface area contributed by atoms with Crippen LogP contribution in [-0.4, -0.2) is 41.9 Å². The molecule has 5 rings (SSSR count). The van der Waals surface area contributed by atoms with E-state index in [9.17, 15) is 18.0 Å². The van der Waals surface area contributed by atoms with Crippen molar-refractivity contribution in [1.29, 1.82) is 0 Å². The van der Waals surface area contributed by atoms with Gasteiger partial charge in [0.25, 0.3) is 11.8 Å². The van der Waals surface area contributed by atoms with Crippen molar-refractivity contribution in [2.45, 2.75) is 75.6 Å². The van der Waals surface area contributed by atoms with Crippen LogP contribution >= 0.6 is 0 Å². The number of ether oxygens (including phenoxy) is 1. The number of carbonyl (C=O) groups is 2. The monoisotopic (exact) mass is 530 g/mol. The Morgan fingerprint density at radius 1 is 1.27 bits per heavy atom. The molecular weight excluding hydrogens is 499 g/mol. The minimum atomic E-state index is -3.88. The van der Waals surface area contributed by atoms with Gasteiger partial charge < -0.3 is 10.1 Å². The SMILES string of the molecule is CCCCOc1ccc([C@]2(C)CC(c3ccn(C4CC4)n3)=C(C(=O)NS(=O)(=O)C3CC3)C(=O)N2)c(F)c1. The van der Waals surface area contributed by atoms with Crippen molar-refractivity contribution >= 4 is 27.4 Å². The van der Waals surface area contributed by atoms with Crippen LogP contribution < -0.4 is 14.8 Å². The summed E-state index contributed by atoms with van der Waals surface area (Å²) in [6, 6.07) is 6.48. The van der Waals surface area contributed by atoms with Crippen molar-refractivity contribution in [3.8, 4) is 5.75 Å². The van der Waals surface area contributed by atoms with Gasteiger partial charge in [0.05, 0.1) is 29.1 Å². The van der Waals surface area contributed by atoms with Gasteiger partial charge in [-0.15, -0.1) is 0 Å². The molecule has 3 aliphatic rings. The Labute approximate surface area is 215 Å². The average Bonchev–Trinajstić information content (AvgIpc) is 3.76. The fourth-order valence-electron chi connectivity index (χ4n) is 4.61. The van der Waals surface area contributed by atoms with E-state index in [0.717, 1.165) is 25.7 Å². The molecule has 0 saturated heterocycles. The number of sulfonamides is 1. The molecule has 0 radical (unpaired) electrons. The molecule has 2 aliphatic carbocycles. The van der Waals surface area contributed by atoms with Gasteiger partial charge in [-0.05, 0) is 51.2 Å². The van der Waals surface area contributed by atoms with E-state index < -0.39 is 38.4 Å². The molecule has 1 aliphatic heterocycles. The lowest BCUT2D eigenvalue weighted by Crippen LogP contribution is -2.51. The lowest BCUT2D eigenvalue weighted by Gasteiger charge is -2.37. The van der Waals surface area contributed by atoms with E-state index >= 15 is 4.39 Å². The lowest BCUT2D eigenvalue weighted by atomic mass is 9.79. The summed E-state index contributed by atoms with van der Waals surface area (Å²) in [5, 5.41) is 6.71. The van der Waals surface area contributed by atoms with Gasteiger partial charge in [0, 0.05) is 29.8 Å². The molecule has 1 aromatic carbocycles. The molecule has 2 heterocycles. The summed E-state index contributed by atoms with van der Waals surface area (Å²) < 4.78 is 49.7. The molecule has 2 N–H and O–H groups in total. The van der Waals surface area contributed by atoms with Gasteiger partial charge in [0.1, 0.15) is 17.1 Å². The van der Waals surface area contributed by atoms with Crippen LogP contribution in [-0.2, 0) is 25.2 Å². The third-order valence-electron chi connectivity index (χ3n) is 7.01. The first-order valence-corrected chi connectivity index (χ1v) is 14.3. The summed E-state index contributed by atoms with van der Waals surface area (Å²) in [5.74, 6) is -1.94. The summed E-state index contributed by atoms with van der Waals surface area (Å²) in [6.07, 6.45) is 6.55. The Hall–Kier alpha value is -3.21. The first kappa shape index (κ1) is 25.4. The molecule has 2 aromatic rings. The fourth-order valence-corrected chi connectivity index (χ4v) is 5.89. The molecule has 2 fully saturated rings. The number of nitrogens with zero attached hydrogens (tertiary/aromatic N) is 2. The number of halogens is 1. The molecule has 1 aromatic heterocycles. The number of amides is 2. The van der Waals surface area contributed by atoms with Crippen LogP contribution in [0.2, 0.25) is 0 Å². The molecule has 9 nitrogen and oxygen atoms in total. The van der Waals surface area contributed by atoms with Crippen molar-refractivity contribution in [1.82, 2.24) is 19.8 Å². The summed E-state index contributed by atoms with van der Waals surface area (Å²) in [7, 11) is -3.88. The van der Waals surface area contributed by atoms with Gasteiger partial charge in [-0.2, -0.15) is 5.10 Å². The van der Waals surface area contributed by atoms with Gasteiger partial charge in [-0.3, -0.25) is 14.3 Å². The average molecular weight is 531 g/mol. The zero-order chi connectivity index (χ0) is 26.4. The third-order valence-corrected chi connectivity index (χ3v) is 8.83. The molecule has 11 heteroatoms. The predicted molar refractivity (Wildman–Crippen MR) is 134 cm³/mol. The Bertz CT molecular complexity index is 1380. The number of carbonyl (C=O) groups excluding carboxylic acids is 2. The van der Waals surface area contributed by atoms with Gasteiger partial charge in [-0.25, -0.2) is 17.5 Å². The second kappa shape index (κ2) is 9.59. The zero-order valence-corrected chi connectivity index (χ0v) is 21.7. The largest absolute Gasteiger partial charge is 0.493 e. The van der Waals surface area contributed by atoms with E-state index in [4.69, 9.17) is 4.74 Å². The van der Waals surface area contributed by atoms with Crippen LogP contribution in [0, 0.1) is 5.82 Å². The van der Waals surface area contributed by atoms with Crippen LogP contribution in [0.5, 0.6) is 5.75 Å². The van der Waals surface area contributed by atoms with E-state index in [1.54, 1.807) is 36.0 Å². The number of unbranched alkanes of at least 4 members (excludes halogenated alkanes) is 1. The first-order valence-electron chi connectivity index (χ1n) is 12.7. The lowest BCUT2D eigenvalue weighted by molar-refractivity contribution is -0.124. The number of benzene rings is 1. The highest BCUT2D eigenvalue weighted by molar-refractivity contribution is 7.91. The van der Waals surface area contributed by atoms with Crippen LogP contribution in [0.3, 0.4) is 0 Å². The fraction of sp³-hybridized carbons (Fsp3) is 0.500. The van der Waals surface area contributed by atoms with E-state index in [2.05, 4.69) is 15.1 Å². The maximum absolute atomic E-state index is 15.3. The van der Waals surface area contributed by atoms with Gasteiger partial charge >= 0.3 is 0 Å². The number of aromatic nitrogens is 2. The minimum Gasteiger partial charge on any atom is -0.493 e. The predicted octanol–water partition coefficient (Wildman–Crippen LogP) is 3.33. The second-order valence-electron chi connectivity index (χ2n) is 10.2. The molecule has 0 spiro atoms. The van der Waals surface area contributed by atoms with Crippen molar-refractivity contribution < 1.29 is 27.1 Å².